The summed E-state index contributed by atoms with van der Waals surface area (Å²) in [5.41, 5.74) is 9.86. The maximum absolute atomic E-state index is 13.2. The molecule has 5 fully saturated rings. The van der Waals surface area contributed by atoms with E-state index in [0.717, 1.165) is 90.1 Å². The summed E-state index contributed by atoms with van der Waals surface area (Å²) in [6, 6.07) is 36.6. The number of H-pyrrole nitrogens is 5. The number of aliphatic hydroxyl groups is 4. The number of fused-ring (bicyclic) bond motifs is 5. The number of rotatable bonds is 12. The summed E-state index contributed by atoms with van der Waals surface area (Å²) >= 11 is 0. The average molecular weight is 1450 g/mol. The van der Waals surface area contributed by atoms with Crippen LogP contribution in [0.25, 0.3) is 54.5 Å². The zero-order chi connectivity index (χ0) is 73.4. The van der Waals surface area contributed by atoms with E-state index in [9.17, 15) is 60.8 Å². The van der Waals surface area contributed by atoms with Crippen LogP contribution >= 0.6 is 0 Å². The fourth-order valence-corrected chi connectivity index (χ4v) is 18.2. The molecule has 9 N–H and O–H groups in total. The van der Waals surface area contributed by atoms with Gasteiger partial charge in [0.25, 0.3) is 0 Å². The van der Waals surface area contributed by atoms with Gasteiger partial charge in [-0.05, 0) is 141 Å². The van der Waals surface area contributed by atoms with Gasteiger partial charge in [-0.1, -0.05) is 72.8 Å². The van der Waals surface area contributed by atoms with Crippen molar-refractivity contribution in [1.29, 1.82) is 0 Å². The Morgan fingerprint density at radius 1 is 0.466 bits per heavy atom. The van der Waals surface area contributed by atoms with E-state index in [1.165, 1.54) is 66.1 Å². The van der Waals surface area contributed by atoms with Crippen LogP contribution in [-0.4, -0.2) is 212 Å². The first kappa shape index (κ1) is 75.6. The van der Waals surface area contributed by atoms with Gasteiger partial charge in [-0.15, -0.1) is 0 Å². The first-order valence-electron chi connectivity index (χ1n) is 35.6. The maximum atomic E-state index is 13.2. The van der Waals surface area contributed by atoms with Crippen molar-refractivity contribution >= 4 is 98.1 Å². The number of amides is 3. The highest BCUT2D eigenvalue weighted by molar-refractivity contribution is 7.88. The molecule has 0 saturated carbocycles. The number of carbonyl (C=O) groups is 4. The SMILES string of the molecule is CC(=O)N1CCC(C(=O)c2c[nH]c3cc(F)ccc23)CC1.CC(=O)N1CCC(CO)(c2c[nH]c3ccccc23)CC1.CC(=O)N1CCC(c2c[nH]c3ccccc23)CC1CO.CS(=O)(=O)N1CCC(CO)(c2c[nH]c3ccccc23)CC1.CS(=O)(=O)N1CCC(c2c[nH]c3ccccc23)CC1CO. The topological polar surface area (TPSA) is 313 Å². The molecule has 5 saturated heterocycles. The van der Waals surface area contributed by atoms with Gasteiger partial charge < -0.3 is 60.0 Å². The van der Waals surface area contributed by atoms with Gasteiger partial charge in [0.1, 0.15) is 5.82 Å². The molecule has 25 heteroatoms. The Hall–Kier alpha value is -8.53. The smallest absolute Gasteiger partial charge is 0.219 e. The molecule has 5 aliphatic heterocycles. The second-order valence-corrected chi connectivity index (χ2v) is 32.3. The minimum absolute atomic E-state index is 0.0342. The molecule has 5 aliphatic rings. The second-order valence-electron chi connectivity index (χ2n) is 28.4. The van der Waals surface area contributed by atoms with Gasteiger partial charge in [0, 0.05) is 187 Å². The Bertz CT molecular complexity index is 4830. The van der Waals surface area contributed by atoms with Crippen LogP contribution in [0.1, 0.15) is 129 Å². The van der Waals surface area contributed by atoms with Crippen molar-refractivity contribution in [2.24, 2.45) is 5.92 Å². The number of nitrogens with zero attached hydrogens (tertiary/aromatic N) is 5. The summed E-state index contributed by atoms with van der Waals surface area (Å²) < 4.78 is 62.9. The van der Waals surface area contributed by atoms with Crippen molar-refractivity contribution < 1.29 is 60.8 Å². The number of carbonyl (C=O) groups excluding carboxylic acids is 4. The number of para-hydroxylation sites is 4. The number of likely N-dealkylation sites (tertiary alicyclic amines) is 3. The molecule has 22 nitrogen and oxygen atoms in total. The molecule has 3 amide bonds. The van der Waals surface area contributed by atoms with Gasteiger partial charge in [-0.25, -0.2) is 25.5 Å². The number of aromatic nitrogens is 5. The number of hydrogen-bond donors (Lipinski definition) is 9. The predicted molar refractivity (Wildman–Crippen MR) is 400 cm³/mol. The van der Waals surface area contributed by atoms with E-state index in [1.807, 2.05) is 90.2 Å². The van der Waals surface area contributed by atoms with Crippen LogP contribution in [0.2, 0.25) is 0 Å². The van der Waals surface area contributed by atoms with E-state index in [0.29, 0.717) is 81.8 Å². The van der Waals surface area contributed by atoms with Crippen LogP contribution in [0.5, 0.6) is 0 Å². The van der Waals surface area contributed by atoms with E-state index < -0.39 is 20.0 Å². The summed E-state index contributed by atoms with van der Waals surface area (Å²) in [5.74, 6) is 0.606. The van der Waals surface area contributed by atoms with Gasteiger partial charge in [0.05, 0.1) is 45.0 Å². The fraction of sp³-hybridized carbons (Fsp3) is 0.436. The average Bonchev–Trinajstić information content (AvgIpc) is 1.75. The van der Waals surface area contributed by atoms with Crippen LogP contribution in [0.4, 0.5) is 4.39 Å². The lowest BCUT2D eigenvalue weighted by molar-refractivity contribution is -0.134. The van der Waals surface area contributed by atoms with Gasteiger partial charge in [0.15, 0.2) is 5.78 Å². The van der Waals surface area contributed by atoms with E-state index in [1.54, 1.807) is 42.8 Å². The number of hydrogen-bond acceptors (Lipinski definition) is 12. The molecule has 10 heterocycles. The highest BCUT2D eigenvalue weighted by atomic mass is 32.2. The van der Waals surface area contributed by atoms with Crippen LogP contribution in [-0.2, 0) is 45.3 Å². The van der Waals surface area contributed by atoms with Crippen molar-refractivity contribution in [3.63, 3.8) is 0 Å². The summed E-state index contributed by atoms with van der Waals surface area (Å²) in [6.45, 7) is 9.60. The summed E-state index contributed by atoms with van der Waals surface area (Å²) in [6.07, 6.45) is 19.7. The second kappa shape index (κ2) is 32.6. The molecule has 15 rings (SSSR count). The summed E-state index contributed by atoms with van der Waals surface area (Å²) in [7, 11) is -6.41. The number of sulfonamides is 2. The first-order valence-corrected chi connectivity index (χ1v) is 39.3. The number of halogens is 1. The third kappa shape index (κ3) is 16.8. The van der Waals surface area contributed by atoms with Crippen molar-refractivity contribution in [3.05, 3.63) is 180 Å². The summed E-state index contributed by atoms with van der Waals surface area (Å²) in [4.78, 5) is 68.5. The van der Waals surface area contributed by atoms with Crippen molar-refractivity contribution in [2.75, 3.05) is 91.3 Å². The lowest BCUT2D eigenvalue weighted by Gasteiger charge is -2.40. The normalized spacial score (nSPS) is 20.5. The molecular weight excluding hydrogens is 1350 g/mol. The number of ketones is 1. The molecule has 5 aromatic heterocycles. The van der Waals surface area contributed by atoms with E-state index in [2.05, 4.69) is 61.4 Å². The lowest BCUT2D eigenvalue weighted by atomic mass is 9.73. The lowest BCUT2D eigenvalue weighted by Crippen LogP contribution is -2.46. The Morgan fingerprint density at radius 2 is 0.893 bits per heavy atom. The molecule has 10 aromatic rings. The minimum Gasteiger partial charge on any atom is -0.395 e. The molecule has 103 heavy (non-hydrogen) atoms. The number of piperidine rings is 5. The van der Waals surface area contributed by atoms with E-state index >= 15 is 0 Å². The molecule has 4 unspecified atom stereocenters. The van der Waals surface area contributed by atoms with Crippen LogP contribution in [0.15, 0.2) is 146 Å². The van der Waals surface area contributed by atoms with Crippen molar-refractivity contribution in [3.8, 4) is 0 Å². The molecule has 0 spiro atoms. The molecule has 0 aliphatic carbocycles. The highest BCUT2D eigenvalue weighted by Gasteiger charge is 2.41. The largest absolute Gasteiger partial charge is 0.395 e. The Labute approximate surface area is 600 Å². The molecular formula is C78H97FN10O12S2. The quantitative estimate of drug-likeness (QED) is 0.0516. The molecule has 0 bridgehead atoms. The molecule has 4 atom stereocenters. The number of benzene rings is 5. The maximum Gasteiger partial charge on any atom is 0.219 e. The standard InChI is InChI=1S/C16H17FN2O2.2C16H20N2O2.2C15H20N2O3S/c1-10(20)19-6-4-11(5-7-19)16(21)14-9-18-15-8-12(17)2-3-13(14)15;1-12(20)18-8-6-16(11-19,7-9-18)14-10-17-15-5-3-2-4-13(14)15;1-11(20)18-7-6-12(8-13(18)10-19)15-9-17-16-5-3-2-4-14(15)16;1-21(19,20)17-8-6-15(11-18,7-9-17)13-10-16-14-5-3-2-4-12(13)14;1-21(19,20)17-7-6-11(8-12(17)10-18)14-9-16-15-5-3-2-4-13(14)15/h2-3,8-9,11,18H,4-7H2,1H3;2-5,10,17,19H,6-9,11H2,1H3;2-5,9,12-13,17,19H,6-8,10H2,1H3;2-5,10,16,18H,6-9,11H2,1H3;2-5,9,11-12,16,18H,6-8,10H2,1H3. The van der Waals surface area contributed by atoms with Gasteiger partial charge in [-0.2, -0.15) is 4.31 Å². The van der Waals surface area contributed by atoms with Crippen molar-refractivity contribution in [2.45, 2.75) is 120 Å². The van der Waals surface area contributed by atoms with Gasteiger partial charge in [-0.3, -0.25) is 19.2 Å². The number of Topliss-reactive ketones (excluding diaryl/α,β-unsaturated/α-hetero) is 1. The number of aromatic amines is 5. The molecule has 5 aromatic carbocycles. The third-order valence-corrected chi connectivity index (χ3v) is 24.8. The highest BCUT2D eigenvalue weighted by Crippen LogP contribution is 2.42. The minimum atomic E-state index is -3.26. The van der Waals surface area contributed by atoms with E-state index in [4.69, 9.17) is 0 Å². The van der Waals surface area contributed by atoms with Crippen LogP contribution < -0.4 is 0 Å². The van der Waals surface area contributed by atoms with Crippen LogP contribution in [0.3, 0.4) is 0 Å². The van der Waals surface area contributed by atoms with E-state index in [-0.39, 0.29) is 90.5 Å². The predicted octanol–water partition coefficient (Wildman–Crippen LogP) is 10.2. The zero-order valence-electron chi connectivity index (χ0n) is 59.3. The van der Waals surface area contributed by atoms with Gasteiger partial charge in [0.2, 0.25) is 37.8 Å². The summed E-state index contributed by atoms with van der Waals surface area (Å²) in [5, 5.41) is 44.5. The Balaban J connectivity index is 0.000000129. The molecule has 0 radical (unpaired) electrons. The third-order valence-electron chi connectivity index (χ3n) is 22.2. The number of aliphatic hydroxyl groups excluding tert-OH is 4. The fourth-order valence-electron chi connectivity index (χ4n) is 16.2. The Kier molecular flexibility index (Phi) is 24.0. The van der Waals surface area contributed by atoms with Crippen molar-refractivity contribution in [1.82, 2.24) is 48.2 Å². The molecule has 550 valence electrons. The zero-order valence-corrected chi connectivity index (χ0v) is 60.9. The van der Waals surface area contributed by atoms with Gasteiger partial charge >= 0.3 is 0 Å². The van der Waals surface area contributed by atoms with Crippen LogP contribution in [0, 0.1) is 11.7 Å². The Morgan fingerprint density at radius 3 is 1.35 bits per heavy atom. The first-order chi connectivity index (χ1) is 49.4. The number of nitrogens with one attached hydrogen (secondary N) is 5. The monoisotopic (exact) mass is 1450 g/mol.